The third-order valence-corrected chi connectivity index (χ3v) is 4.83. The number of benzene rings is 1. The third kappa shape index (κ3) is 4.41. The Bertz CT molecular complexity index is 576. The van der Waals surface area contributed by atoms with E-state index in [9.17, 15) is 9.59 Å². The topological polar surface area (TPSA) is 49.9 Å². The molecule has 2 atom stereocenters. The molecule has 0 aliphatic carbocycles. The van der Waals surface area contributed by atoms with E-state index in [-0.39, 0.29) is 24.0 Å². The van der Waals surface area contributed by atoms with Crippen LogP contribution in [0, 0.1) is 5.92 Å². The highest BCUT2D eigenvalue weighted by Crippen LogP contribution is 2.25. The van der Waals surface area contributed by atoms with E-state index < -0.39 is 0 Å². The molecule has 0 saturated carbocycles. The highest BCUT2D eigenvalue weighted by atomic mass is 35.5. The molecule has 1 fully saturated rings. The number of rotatable bonds is 4. The molecular formula is C18H25ClN2O3. The molecule has 1 aromatic rings. The van der Waals surface area contributed by atoms with Crippen molar-refractivity contribution >= 4 is 23.6 Å². The Morgan fingerprint density at radius 2 is 2.04 bits per heavy atom. The van der Waals surface area contributed by atoms with Crippen molar-refractivity contribution in [2.24, 2.45) is 5.92 Å². The van der Waals surface area contributed by atoms with Gasteiger partial charge in [0.2, 0.25) is 5.91 Å². The number of carbonyl (C=O) groups is 2. The first kappa shape index (κ1) is 18.6. The van der Waals surface area contributed by atoms with Crippen LogP contribution in [0.5, 0.6) is 0 Å². The Morgan fingerprint density at radius 3 is 2.67 bits per heavy atom. The Morgan fingerprint density at radius 1 is 1.38 bits per heavy atom. The Kier molecular flexibility index (Phi) is 6.49. The monoisotopic (exact) mass is 352 g/mol. The van der Waals surface area contributed by atoms with Crippen LogP contribution >= 0.6 is 11.6 Å². The summed E-state index contributed by atoms with van der Waals surface area (Å²) in [6.07, 6.45) is 1.29. The van der Waals surface area contributed by atoms with Crippen molar-refractivity contribution in [3.8, 4) is 0 Å². The minimum atomic E-state index is -0.330. The molecule has 1 aliphatic heterocycles. The number of piperidine rings is 1. The van der Waals surface area contributed by atoms with Crippen LogP contribution in [0.2, 0.25) is 5.02 Å². The lowest BCUT2D eigenvalue weighted by Crippen LogP contribution is -2.46. The second-order valence-electron chi connectivity index (χ2n) is 6.16. The zero-order chi connectivity index (χ0) is 17.7. The van der Waals surface area contributed by atoms with Gasteiger partial charge in [-0.2, -0.15) is 0 Å². The van der Waals surface area contributed by atoms with Crippen molar-refractivity contribution in [3.05, 3.63) is 34.9 Å². The summed E-state index contributed by atoms with van der Waals surface area (Å²) < 4.78 is 5.05. The van der Waals surface area contributed by atoms with Crippen LogP contribution in [0.4, 0.5) is 4.79 Å². The van der Waals surface area contributed by atoms with E-state index in [1.807, 2.05) is 38.2 Å². The van der Waals surface area contributed by atoms with E-state index in [1.165, 1.54) is 0 Å². The zero-order valence-electron chi connectivity index (χ0n) is 14.5. The average molecular weight is 353 g/mol. The third-order valence-electron chi connectivity index (χ3n) is 4.58. The number of amides is 2. The van der Waals surface area contributed by atoms with Crippen molar-refractivity contribution in [2.45, 2.75) is 32.7 Å². The lowest BCUT2D eigenvalue weighted by atomic mass is 9.95. The van der Waals surface area contributed by atoms with Gasteiger partial charge in [-0.05, 0) is 44.4 Å². The smallest absolute Gasteiger partial charge is 0.409 e. The quantitative estimate of drug-likeness (QED) is 0.829. The first-order chi connectivity index (χ1) is 11.4. The first-order valence-electron chi connectivity index (χ1n) is 8.37. The number of hydrogen-bond donors (Lipinski definition) is 0. The van der Waals surface area contributed by atoms with E-state index >= 15 is 0 Å². The van der Waals surface area contributed by atoms with E-state index in [0.29, 0.717) is 24.7 Å². The van der Waals surface area contributed by atoms with Gasteiger partial charge in [0.05, 0.1) is 18.6 Å². The Hall–Kier alpha value is -1.75. The SMILES string of the molecule is CCOC(=O)N1CCCC(C(=O)N(C)C(C)c2ccc(Cl)cc2)C1. The van der Waals surface area contributed by atoms with Gasteiger partial charge in [0.1, 0.15) is 0 Å². The molecule has 1 aliphatic rings. The van der Waals surface area contributed by atoms with Crippen LogP contribution in [0.25, 0.3) is 0 Å². The second kappa shape index (κ2) is 8.38. The van der Waals surface area contributed by atoms with Crippen molar-refractivity contribution in [1.29, 1.82) is 0 Å². The summed E-state index contributed by atoms with van der Waals surface area (Å²) in [7, 11) is 1.81. The summed E-state index contributed by atoms with van der Waals surface area (Å²) in [6.45, 7) is 5.20. The molecule has 2 amide bonds. The average Bonchev–Trinajstić information content (AvgIpc) is 2.61. The van der Waals surface area contributed by atoms with Crippen LogP contribution in [0.1, 0.15) is 38.3 Å². The van der Waals surface area contributed by atoms with E-state index in [2.05, 4.69) is 0 Å². The molecule has 0 N–H and O–H groups in total. The molecule has 1 saturated heterocycles. The molecule has 132 valence electrons. The summed E-state index contributed by atoms with van der Waals surface area (Å²) in [4.78, 5) is 28.1. The molecule has 5 nitrogen and oxygen atoms in total. The molecule has 2 unspecified atom stereocenters. The normalized spacial score (nSPS) is 18.8. The van der Waals surface area contributed by atoms with Crippen molar-refractivity contribution in [2.75, 3.05) is 26.7 Å². The maximum atomic E-state index is 12.8. The largest absolute Gasteiger partial charge is 0.450 e. The molecule has 6 heteroatoms. The van der Waals surface area contributed by atoms with E-state index in [4.69, 9.17) is 16.3 Å². The number of halogens is 1. The number of nitrogens with zero attached hydrogens (tertiary/aromatic N) is 2. The van der Waals surface area contributed by atoms with Gasteiger partial charge in [-0.25, -0.2) is 4.79 Å². The lowest BCUT2D eigenvalue weighted by Gasteiger charge is -2.35. The van der Waals surface area contributed by atoms with Gasteiger partial charge < -0.3 is 14.5 Å². The molecule has 2 rings (SSSR count). The van der Waals surface area contributed by atoms with Gasteiger partial charge in [-0.1, -0.05) is 23.7 Å². The van der Waals surface area contributed by atoms with Crippen LogP contribution in [-0.4, -0.2) is 48.5 Å². The van der Waals surface area contributed by atoms with Crippen LogP contribution in [-0.2, 0) is 9.53 Å². The van der Waals surface area contributed by atoms with Gasteiger partial charge in [0.25, 0.3) is 0 Å². The van der Waals surface area contributed by atoms with Crippen molar-refractivity contribution in [3.63, 3.8) is 0 Å². The number of carbonyl (C=O) groups excluding carboxylic acids is 2. The fraction of sp³-hybridized carbons (Fsp3) is 0.556. The summed E-state index contributed by atoms with van der Waals surface area (Å²) >= 11 is 5.92. The molecule has 0 aromatic heterocycles. The summed E-state index contributed by atoms with van der Waals surface area (Å²) in [5.74, 6) is -0.116. The molecule has 0 spiro atoms. The predicted molar refractivity (Wildman–Crippen MR) is 94.0 cm³/mol. The van der Waals surface area contributed by atoms with Gasteiger partial charge in [-0.3, -0.25) is 4.79 Å². The molecule has 0 bridgehead atoms. The van der Waals surface area contributed by atoms with Crippen molar-refractivity contribution in [1.82, 2.24) is 9.80 Å². The first-order valence-corrected chi connectivity index (χ1v) is 8.75. The maximum absolute atomic E-state index is 12.8. The van der Waals surface area contributed by atoms with E-state index in [1.54, 1.807) is 16.7 Å². The molecule has 24 heavy (non-hydrogen) atoms. The van der Waals surface area contributed by atoms with Gasteiger partial charge >= 0.3 is 6.09 Å². The fourth-order valence-electron chi connectivity index (χ4n) is 3.00. The van der Waals surface area contributed by atoms with Crippen molar-refractivity contribution < 1.29 is 14.3 Å². The van der Waals surface area contributed by atoms with Gasteiger partial charge in [0.15, 0.2) is 0 Å². The zero-order valence-corrected chi connectivity index (χ0v) is 15.3. The summed E-state index contributed by atoms with van der Waals surface area (Å²) in [5.41, 5.74) is 1.04. The number of hydrogen-bond acceptors (Lipinski definition) is 3. The fourth-order valence-corrected chi connectivity index (χ4v) is 3.13. The van der Waals surface area contributed by atoms with Crippen LogP contribution in [0.15, 0.2) is 24.3 Å². The van der Waals surface area contributed by atoms with Gasteiger partial charge in [0, 0.05) is 25.2 Å². The summed E-state index contributed by atoms with van der Waals surface area (Å²) in [5, 5.41) is 0.678. The minimum absolute atomic E-state index is 0.0484. The highest BCUT2D eigenvalue weighted by molar-refractivity contribution is 6.30. The minimum Gasteiger partial charge on any atom is -0.450 e. The molecular weight excluding hydrogens is 328 g/mol. The standard InChI is InChI=1S/C18H25ClN2O3/c1-4-24-18(23)21-11-5-6-15(12-21)17(22)20(3)13(2)14-7-9-16(19)10-8-14/h7-10,13,15H,4-6,11-12H2,1-3H3. The Labute approximate surface area is 148 Å². The maximum Gasteiger partial charge on any atom is 0.409 e. The summed E-state index contributed by atoms with van der Waals surface area (Å²) in [6, 6.07) is 7.47. The van der Waals surface area contributed by atoms with Crippen LogP contribution < -0.4 is 0 Å². The molecule has 0 radical (unpaired) electrons. The highest BCUT2D eigenvalue weighted by Gasteiger charge is 2.32. The predicted octanol–water partition coefficient (Wildman–Crippen LogP) is 3.73. The number of likely N-dealkylation sites (tertiary alicyclic amines) is 1. The van der Waals surface area contributed by atoms with Gasteiger partial charge in [-0.15, -0.1) is 0 Å². The Balaban J connectivity index is 2.01. The van der Waals surface area contributed by atoms with E-state index in [0.717, 1.165) is 18.4 Å². The molecule has 1 heterocycles. The molecule has 1 aromatic carbocycles. The second-order valence-corrected chi connectivity index (χ2v) is 6.60. The number of ether oxygens (including phenoxy) is 1. The lowest BCUT2D eigenvalue weighted by molar-refractivity contribution is -0.137. The van der Waals surface area contributed by atoms with Crippen LogP contribution in [0.3, 0.4) is 0 Å².